The summed E-state index contributed by atoms with van der Waals surface area (Å²) in [5.74, 6) is 0. The Kier molecular flexibility index (Phi) is 14.0. The fraction of sp³-hybridized carbons (Fsp3) is 0.0323. The number of fused-ring (bicyclic) bond motifs is 20. The molecular formula is C93H64N4O2P2. The van der Waals surface area contributed by atoms with Crippen LogP contribution in [0.25, 0.3) is 132 Å². The van der Waals surface area contributed by atoms with Gasteiger partial charge in [-0.05, 0) is 138 Å². The van der Waals surface area contributed by atoms with Crippen LogP contribution in [0.1, 0.15) is 25.0 Å². The number of nitrogens with zero attached hydrogens (tertiary/aromatic N) is 4. The SMILES string of the molecule is CC1(C)c2cc(-c3ccc4c(c3)c3ccccc3c3nc5ccccc5n43)ccc2-c2ccc(P(=O)(c3ccccc3)c3ccccc3)cc21.O=P(c1ccccc1)(c1ccccc1)c1cccc2c(-c3ccc(-c4ccc5c(c4)c4ccccc4c4nc6ccccc6n54)cc3)cccc12. The first-order valence-electron chi connectivity index (χ1n) is 34.4. The van der Waals surface area contributed by atoms with Crippen LogP contribution in [-0.4, -0.2) is 18.8 Å². The normalized spacial score (nSPS) is 12.8. The predicted octanol–water partition coefficient (Wildman–Crippen LogP) is 21.3. The van der Waals surface area contributed by atoms with E-state index in [1.165, 1.54) is 54.9 Å². The monoisotopic (exact) mass is 1330 g/mol. The summed E-state index contributed by atoms with van der Waals surface area (Å²) in [6.45, 7) is 4.60. The lowest BCUT2D eigenvalue weighted by molar-refractivity contribution is 0.591. The first-order valence-corrected chi connectivity index (χ1v) is 37.8. The molecule has 0 N–H and O–H groups in total. The van der Waals surface area contributed by atoms with E-state index in [9.17, 15) is 0 Å². The zero-order chi connectivity index (χ0) is 67.6. The maximum Gasteiger partial charge on any atom is 0.171 e. The summed E-state index contributed by atoms with van der Waals surface area (Å²) in [7, 11) is -6.25. The molecule has 101 heavy (non-hydrogen) atoms. The molecule has 0 radical (unpaired) electrons. The van der Waals surface area contributed by atoms with E-state index in [2.05, 4.69) is 235 Å². The van der Waals surface area contributed by atoms with Gasteiger partial charge in [0.25, 0.3) is 0 Å². The van der Waals surface area contributed by atoms with E-state index in [0.29, 0.717) is 0 Å². The molecule has 0 atom stereocenters. The third-order valence-electron chi connectivity index (χ3n) is 21.1. The number of benzene rings is 15. The number of para-hydroxylation sites is 4. The molecule has 478 valence electrons. The van der Waals surface area contributed by atoms with E-state index in [-0.39, 0.29) is 5.41 Å². The lowest BCUT2D eigenvalue weighted by Crippen LogP contribution is -2.26. The van der Waals surface area contributed by atoms with Crippen molar-refractivity contribution in [3.8, 4) is 44.5 Å². The van der Waals surface area contributed by atoms with Gasteiger partial charge in [0.05, 0.1) is 33.1 Å². The summed E-state index contributed by atoms with van der Waals surface area (Å²) in [6, 6.07) is 122. The van der Waals surface area contributed by atoms with Crippen LogP contribution in [0.15, 0.2) is 352 Å². The van der Waals surface area contributed by atoms with Crippen molar-refractivity contribution in [2.24, 2.45) is 0 Å². The van der Waals surface area contributed by atoms with Crippen LogP contribution < -0.4 is 31.8 Å². The second-order valence-electron chi connectivity index (χ2n) is 27.0. The van der Waals surface area contributed by atoms with Gasteiger partial charge in [0.1, 0.15) is 11.3 Å². The zero-order valence-electron chi connectivity index (χ0n) is 55.5. The molecule has 0 amide bonds. The number of rotatable bonds is 9. The topological polar surface area (TPSA) is 68.7 Å². The molecule has 4 heterocycles. The number of hydrogen-bond acceptors (Lipinski definition) is 4. The van der Waals surface area contributed by atoms with Crippen LogP contribution in [0.5, 0.6) is 0 Å². The van der Waals surface area contributed by atoms with Gasteiger partial charge in [-0.25, -0.2) is 9.97 Å². The highest BCUT2D eigenvalue weighted by Gasteiger charge is 2.39. The maximum absolute atomic E-state index is 15.4. The molecule has 8 heteroatoms. The van der Waals surface area contributed by atoms with Crippen LogP contribution in [0.4, 0.5) is 0 Å². The summed E-state index contributed by atoms with van der Waals surface area (Å²) in [5, 5.41) is 14.3. The minimum absolute atomic E-state index is 0.277. The quantitative estimate of drug-likeness (QED) is 0.107. The van der Waals surface area contributed by atoms with Crippen LogP contribution in [0, 0.1) is 0 Å². The van der Waals surface area contributed by atoms with Crippen LogP contribution in [-0.2, 0) is 14.5 Å². The van der Waals surface area contributed by atoms with Gasteiger partial charge in [0, 0.05) is 58.8 Å². The van der Waals surface area contributed by atoms with Crippen molar-refractivity contribution in [1.29, 1.82) is 0 Å². The third-order valence-corrected chi connectivity index (χ3v) is 27.3. The van der Waals surface area contributed by atoms with Crippen molar-refractivity contribution >= 4 is 134 Å². The number of hydrogen-bond donors (Lipinski definition) is 0. The molecule has 1 aliphatic carbocycles. The van der Waals surface area contributed by atoms with Crippen molar-refractivity contribution in [2.75, 3.05) is 0 Å². The van der Waals surface area contributed by atoms with E-state index in [0.717, 1.165) is 120 Å². The predicted molar refractivity (Wildman–Crippen MR) is 426 cm³/mol. The van der Waals surface area contributed by atoms with Crippen LogP contribution >= 0.6 is 14.3 Å². The molecule has 6 nitrogen and oxygen atoms in total. The standard InChI is InChI=1S/C47H31N2OP.C46H33N2OP/c50-51(35-13-3-1-4-14-35,36-15-5-2-6-16-36)46-24-12-20-38-37(19-11-21-40(38)46)33-27-25-32(26-28-33)34-29-30-44-42(31-34)39-17-7-8-18-41(39)47-48-43-22-9-10-23-45(43)49(44)47;1-46(2)40-28-31(30-22-26-43-39(27-30)35-17-9-10-18-38(35)45-47-42-19-11-12-20-44(42)48(43)45)21-24-36(40)37-25-23-34(29-41(37)46)50(49,32-13-5-3-6-14-32)33-15-7-4-8-16-33/h1-31H;3-29H,1-2H3. The van der Waals surface area contributed by atoms with Crippen molar-refractivity contribution in [2.45, 2.75) is 19.3 Å². The minimum Gasteiger partial charge on any atom is -0.309 e. The van der Waals surface area contributed by atoms with Crippen molar-refractivity contribution in [1.82, 2.24) is 18.8 Å². The lowest BCUT2D eigenvalue weighted by Gasteiger charge is -2.25. The fourth-order valence-corrected chi connectivity index (χ4v) is 21.7. The molecule has 4 aromatic heterocycles. The molecule has 0 saturated heterocycles. The van der Waals surface area contributed by atoms with Gasteiger partial charge >= 0.3 is 0 Å². The molecule has 1 aliphatic rings. The van der Waals surface area contributed by atoms with Gasteiger partial charge in [0.2, 0.25) is 0 Å². The highest BCUT2D eigenvalue weighted by Crippen LogP contribution is 2.53. The largest absolute Gasteiger partial charge is 0.309 e. The number of imidazole rings is 2. The Morgan fingerprint density at radius 1 is 0.257 bits per heavy atom. The molecule has 20 rings (SSSR count). The molecular weight excluding hydrogens is 1270 g/mol. The molecule has 0 saturated carbocycles. The Balaban J connectivity index is 0.000000140. The Bertz CT molecular complexity index is 6580. The summed E-state index contributed by atoms with van der Waals surface area (Å²) >= 11 is 0. The first-order chi connectivity index (χ1) is 49.6. The minimum atomic E-state index is -3.15. The zero-order valence-corrected chi connectivity index (χ0v) is 57.3. The Morgan fingerprint density at radius 2 is 0.644 bits per heavy atom. The molecule has 0 aliphatic heterocycles. The Labute approximate surface area is 584 Å². The smallest absolute Gasteiger partial charge is 0.171 e. The fourth-order valence-electron chi connectivity index (χ4n) is 16.2. The summed E-state index contributed by atoms with van der Waals surface area (Å²) in [5.41, 5.74) is 20.1. The van der Waals surface area contributed by atoms with Crippen molar-refractivity contribution < 1.29 is 9.13 Å². The lowest BCUT2D eigenvalue weighted by atomic mass is 9.81. The highest BCUT2D eigenvalue weighted by atomic mass is 31.2. The number of pyridine rings is 2. The van der Waals surface area contributed by atoms with Gasteiger partial charge in [0.15, 0.2) is 14.3 Å². The Morgan fingerprint density at radius 3 is 1.18 bits per heavy atom. The van der Waals surface area contributed by atoms with Gasteiger partial charge in [-0.15, -0.1) is 0 Å². The van der Waals surface area contributed by atoms with Crippen molar-refractivity contribution in [3.63, 3.8) is 0 Å². The Hall–Kier alpha value is -12.0. The average Bonchev–Trinajstić information content (AvgIpc) is 1.61. The maximum atomic E-state index is 15.4. The van der Waals surface area contributed by atoms with Crippen molar-refractivity contribution in [3.05, 3.63) is 363 Å². The van der Waals surface area contributed by atoms with E-state index in [4.69, 9.17) is 9.97 Å². The van der Waals surface area contributed by atoms with Crippen LogP contribution in [0.3, 0.4) is 0 Å². The van der Waals surface area contributed by atoms with E-state index in [1.807, 2.05) is 140 Å². The van der Waals surface area contributed by atoms with E-state index < -0.39 is 14.3 Å². The second-order valence-corrected chi connectivity index (χ2v) is 32.5. The summed E-state index contributed by atoms with van der Waals surface area (Å²) < 4.78 is 35.2. The molecule has 19 aromatic rings. The van der Waals surface area contributed by atoms with E-state index in [1.54, 1.807) is 0 Å². The summed E-state index contributed by atoms with van der Waals surface area (Å²) in [4.78, 5) is 10.1. The third kappa shape index (κ3) is 9.47. The molecule has 0 unspecified atom stereocenters. The summed E-state index contributed by atoms with van der Waals surface area (Å²) in [6.07, 6.45) is 0. The van der Waals surface area contributed by atoms with Gasteiger partial charge in [-0.3, -0.25) is 8.80 Å². The average molecular weight is 1330 g/mol. The molecule has 15 aromatic carbocycles. The number of aromatic nitrogens is 4. The first kappa shape index (κ1) is 60.2. The van der Waals surface area contributed by atoms with Gasteiger partial charge in [-0.1, -0.05) is 305 Å². The van der Waals surface area contributed by atoms with Crippen LogP contribution in [0.2, 0.25) is 0 Å². The molecule has 0 bridgehead atoms. The van der Waals surface area contributed by atoms with Gasteiger partial charge in [-0.2, -0.15) is 0 Å². The molecule has 0 fully saturated rings. The highest BCUT2D eigenvalue weighted by molar-refractivity contribution is 7.86. The van der Waals surface area contributed by atoms with E-state index >= 15 is 9.13 Å². The van der Waals surface area contributed by atoms with Gasteiger partial charge < -0.3 is 9.13 Å². The second kappa shape index (κ2) is 23.6. The molecule has 0 spiro atoms.